The zero-order valence-electron chi connectivity index (χ0n) is 14.8. The minimum atomic E-state index is -0.571. The average Bonchev–Trinajstić information content (AvgIpc) is 3.07. The highest BCUT2D eigenvalue weighted by molar-refractivity contribution is 7.22. The molecule has 0 saturated heterocycles. The third-order valence-corrected chi connectivity index (χ3v) is 5.41. The Morgan fingerprint density at radius 1 is 1.29 bits per heavy atom. The molecule has 2 aromatic carbocycles. The summed E-state index contributed by atoms with van der Waals surface area (Å²) in [6.45, 7) is 0.840. The van der Waals surface area contributed by atoms with Gasteiger partial charge in [0, 0.05) is 29.6 Å². The van der Waals surface area contributed by atoms with Crippen molar-refractivity contribution in [3.8, 4) is 17.1 Å². The molecule has 4 rings (SSSR count). The van der Waals surface area contributed by atoms with Crippen molar-refractivity contribution in [3.63, 3.8) is 0 Å². The van der Waals surface area contributed by atoms with Crippen molar-refractivity contribution in [3.05, 3.63) is 35.1 Å². The number of nitrogens with two attached hydrogens (primary N) is 2. The van der Waals surface area contributed by atoms with Crippen LogP contribution in [0.5, 0.6) is 6.01 Å². The van der Waals surface area contributed by atoms with Gasteiger partial charge in [-0.3, -0.25) is 0 Å². The van der Waals surface area contributed by atoms with Crippen molar-refractivity contribution in [2.75, 3.05) is 31.2 Å². The molecule has 144 valence electrons. The Hall–Kier alpha value is -2.75. The number of nitrogen functional groups attached to an aromatic ring is 1. The van der Waals surface area contributed by atoms with Crippen LogP contribution in [0.4, 0.5) is 15.3 Å². The summed E-state index contributed by atoms with van der Waals surface area (Å²) in [5, 5.41) is 4.12. The summed E-state index contributed by atoms with van der Waals surface area (Å²) in [6, 6.07) is 7.06. The number of nitrogens with zero attached hydrogens (tertiary/aromatic N) is 3. The molecule has 10 heteroatoms. The van der Waals surface area contributed by atoms with Crippen molar-refractivity contribution in [1.82, 2.24) is 15.0 Å². The summed E-state index contributed by atoms with van der Waals surface area (Å²) in [6.07, 6.45) is 0. The lowest BCUT2D eigenvalue weighted by atomic mass is 10.0. The van der Waals surface area contributed by atoms with Crippen LogP contribution in [0.2, 0.25) is 5.02 Å². The molecule has 0 saturated carbocycles. The molecule has 5 N–H and O–H groups in total. The van der Waals surface area contributed by atoms with Crippen LogP contribution in [0.15, 0.2) is 24.3 Å². The first-order valence-electron chi connectivity index (χ1n) is 8.36. The van der Waals surface area contributed by atoms with Crippen LogP contribution in [0.3, 0.4) is 0 Å². The topological polar surface area (TPSA) is 112 Å². The maximum Gasteiger partial charge on any atom is 0.318 e. The van der Waals surface area contributed by atoms with E-state index < -0.39 is 5.82 Å². The Balaban J connectivity index is 2.02. The first-order chi connectivity index (χ1) is 13.5. The molecule has 28 heavy (non-hydrogen) atoms. The summed E-state index contributed by atoms with van der Waals surface area (Å²) < 4.78 is 21.5. The van der Waals surface area contributed by atoms with E-state index in [1.54, 1.807) is 18.2 Å². The molecule has 0 spiro atoms. The van der Waals surface area contributed by atoms with Gasteiger partial charge in [-0.05, 0) is 12.1 Å². The largest absolute Gasteiger partial charge is 0.467 e. The van der Waals surface area contributed by atoms with E-state index in [1.807, 2.05) is 6.07 Å². The smallest absolute Gasteiger partial charge is 0.318 e. The SMILES string of the molecule is COc1nc(NCCN)c2cc(Cl)c(-c3cccc4nc(N)sc34)c(F)c2n1. The minimum absolute atomic E-state index is 0.0411. The summed E-state index contributed by atoms with van der Waals surface area (Å²) >= 11 is 7.78. The molecule has 0 aliphatic carbocycles. The standard InChI is InChI=1S/C18H16ClFN6OS/c1-27-18-25-14-9(16(26-18)23-6-5-21)7-10(19)12(13(14)20)8-3-2-4-11-15(8)28-17(22)24-11/h2-4,7H,5-6,21H2,1H3,(H2,22,24)(H,23,25,26). The van der Waals surface area contributed by atoms with Gasteiger partial charge in [0.1, 0.15) is 11.3 Å². The molecule has 0 unspecified atom stereocenters. The number of methoxy groups -OCH3 is 1. The van der Waals surface area contributed by atoms with E-state index in [0.717, 1.165) is 4.70 Å². The molecule has 0 aliphatic heterocycles. The molecule has 4 aromatic rings. The Labute approximate surface area is 168 Å². The van der Waals surface area contributed by atoms with Crippen molar-refractivity contribution in [1.29, 1.82) is 0 Å². The lowest BCUT2D eigenvalue weighted by Crippen LogP contribution is -2.14. The molecule has 0 fully saturated rings. The van der Waals surface area contributed by atoms with Crippen molar-refractivity contribution in [2.45, 2.75) is 0 Å². The summed E-state index contributed by atoms with van der Waals surface area (Å²) in [4.78, 5) is 12.7. The minimum Gasteiger partial charge on any atom is -0.467 e. The first kappa shape index (κ1) is 18.6. The lowest BCUT2D eigenvalue weighted by molar-refractivity contribution is 0.382. The van der Waals surface area contributed by atoms with Gasteiger partial charge < -0.3 is 21.5 Å². The third kappa shape index (κ3) is 3.07. The number of thiazole rings is 1. The second kappa shape index (κ2) is 7.34. The monoisotopic (exact) mass is 418 g/mol. The van der Waals surface area contributed by atoms with E-state index in [-0.39, 0.29) is 22.1 Å². The van der Waals surface area contributed by atoms with Crippen LogP contribution in [-0.2, 0) is 0 Å². The number of ether oxygens (including phenoxy) is 1. The summed E-state index contributed by atoms with van der Waals surface area (Å²) in [5.74, 6) is -0.168. The van der Waals surface area contributed by atoms with E-state index in [1.165, 1.54) is 18.4 Å². The number of hydrogen-bond acceptors (Lipinski definition) is 8. The molecular formula is C18H16ClFN6OS. The number of halogens is 2. The molecule has 7 nitrogen and oxygen atoms in total. The fourth-order valence-electron chi connectivity index (χ4n) is 3.00. The van der Waals surface area contributed by atoms with Gasteiger partial charge in [-0.25, -0.2) is 9.37 Å². The Kier molecular flexibility index (Phi) is 4.88. The van der Waals surface area contributed by atoms with Crippen LogP contribution < -0.4 is 21.5 Å². The molecular weight excluding hydrogens is 403 g/mol. The fourth-order valence-corrected chi connectivity index (χ4v) is 4.15. The number of fused-ring (bicyclic) bond motifs is 2. The lowest BCUT2D eigenvalue weighted by Gasteiger charge is -2.14. The highest BCUT2D eigenvalue weighted by atomic mass is 35.5. The third-order valence-electron chi connectivity index (χ3n) is 4.18. The molecule has 0 amide bonds. The number of nitrogens with one attached hydrogen (secondary N) is 1. The highest BCUT2D eigenvalue weighted by Crippen LogP contribution is 2.42. The Morgan fingerprint density at radius 2 is 2.11 bits per heavy atom. The van der Waals surface area contributed by atoms with Crippen LogP contribution in [0, 0.1) is 5.82 Å². The number of hydrogen-bond donors (Lipinski definition) is 3. The van der Waals surface area contributed by atoms with E-state index in [2.05, 4.69) is 20.3 Å². The Morgan fingerprint density at radius 3 is 2.86 bits per heavy atom. The number of aromatic nitrogens is 3. The van der Waals surface area contributed by atoms with Gasteiger partial charge in [-0.1, -0.05) is 35.1 Å². The second-order valence-corrected chi connectivity index (χ2v) is 7.36. The first-order valence-corrected chi connectivity index (χ1v) is 9.56. The predicted molar refractivity (Wildman–Crippen MR) is 112 cm³/mol. The van der Waals surface area contributed by atoms with E-state index >= 15 is 4.39 Å². The fraction of sp³-hybridized carbons (Fsp3) is 0.167. The molecule has 0 atom stereocenters. The van der Waals surface area contributed by atoms with Crippen molar-refractivity contribution >= 4 is 55.0 Å². The maximum absolute atomic E-state index is 15.6. The average molecular weight is 419 g/mol. The van der Waals surface area contributed by atoms with Crippen LogP contribution in [0.1, 0.15) is 0 Å². The zero-order valence-corrected chi connectivity index (χ0v) is 16.4. The van der Waals surface area contributed by atoms with Crippen molar-refractivity contribution in [2.24, 2.45) is 5.73 Å². The second-order valence-electron chi connectivity index (χ2n) is 5.92. The summed E-state index contributed by atoms with van der Waals surface area (Å²) in [5.41, 5.74) is 13.0. The van der Waals surface area contributed by atoms with Gasteiger partial charge >= 0.3 is 6.01 Å². The van der Waals surface area contributed by atoms with E-state index in [4.69, 9.17) is 27.8 Å². The van der Waals surface area contributed by atoms with E-state index in [0.29, 0.717) is 40.5 Å². The van der Waals surface area contributed by atoms with Crippen LogP contribution in [0.25, 0.3) is 32.2 Å². The van der Waals surface area contributed by atoms with Gasteiger partial charge in [-0.15, -0.1) is 0 Å². The van der Waals surface area contributed by atoms with Gasteiger partial charge in [0.25, 0.3) is 0 Å². The highest BCUT2D eigenvalue weighted by Gasteiger charge is 2.21. The quantitative estimate of drug-likeness (QED) is 0.453. The summed E-state index contributed by atoms with van der Waals surface area (Å²) in [7, 11) is 1.42. The molecule has 0 aliphatic rings. The Bertz CT molecular complexity index is 1200. The molecule has 0 bridgehead atoms. The van der Waals surface area contributed by atoms with Crippen molar-refractivity contribution < 1.29 is 9.13 Å². The normalized spacial score (nSPS) is 11.3. The van der Waals surface area contributed by atoms with Gasteiger partial charge in [-0.2, -0.15) is 9.97 Å². The van der Waals surface area contributed by atoms with Crippen LogP contribution >= 0.6 is 22.9 Å². The van der Waals surface area contributed by atoms with Crippen LogP contribution in [-0.4, -0.2) is 35.2 Å². The number of benzene rings is 2. The molecule has 2 heterocycles. The maximum atomic E-state index is 15.6. The van der Waals surface area contributed by atoms with Gasteiger partial charge in [0.2, 0.25) is 0 Å². The predicted octanol–water partition coefficient (Wildman–Crippen LogP) is 3.66. The molecule has 2 aromatic heterocycles. The number of anilines is 2. The van der Waals surface area contributed by atoms with Gasteiger partial charge in [0.05, 0.1) is 22.3 Å². The molecule has 0 radical (unpaired) electrons. The number of rotatable bonds is 5. The zero-order chi connectivity index (χ0) is 19.8. The van der Waals surface area contributed by atoms with E-state index in [9.17, 15) is 0 Å². The van der Waals surface area contributed by atoms with Gasteiger partial charge in [0.15, 0.2) is 10.9 Å².